The zero-order chi connectivity index (χ0) is 22.5. The van der Waals surface area contributed by atoms with E-state index >= 15 is 0 Å². The molecule has 0 aliphatic rings. The molecule has 0 saturated heterocycles. The lowest BCUT2D eigenvalue weighted by atomic mass is 10.3. The van der Waals surface area contributed by atoms with Gasteiger partial charge in [-0.15, -0.1) is 0 Å². The fourth-order valence-electron chi connectivity index (χ4n) is 1.10. The van der Waals surface area contributed by atoms with Crippen LogP contribution in [0.2, 0.25) is 0 Å². The summed E-state index contributed by atoms with van der Waals surface area (Å²) in [7, 11) is 4.55. The first kappa shape index (κ1) is 32.2. The second kappa shape index (κ2) is 21.5. The fourth-order valence-corrected chi connectivity index (χ4v) is 1.10. The van der Waals surface area contributed by atoms with Gasteiger partial charge in [0.15, 0.2) is 0 Å². The van der Waals surface area contributed by atoms with E-state index in [9.17, 15) is 14.4 Å². The average Bonchev–Trinajstić information content (AvgIpc) is 2.65. The Kier molecular flexibility index (Phi) is 25.6. The van der Waals surface area contributed by atoms with Gasteiger partial charge in [0.25, 0.3) is 0 Å². The molecular formula is C17H30O10. The minimum atomic E-state index is -1.09. The minimum absolute atomic E-state index is 0.262. The molecular weight excluding hydrogens is 364 g/mol. The fraction of sp³-hybridized carbons (Fsp3) is 0.471. The van der Waals surface area contributed by atoms with Crippen LogP contribution in [0.4, 0.5) is 0 Å². The predicted molar refractivity (Wildman–Crippen MR) is 98.3 cm³/mol. The summed E-state index contributed by atoms with van der Waals surface area (Å²) in [6.07, 6.45) is 2.24. The van der Waals surface area contributed by atoms with Crippen LogP contribution in [0, 0.1) is 0 Å². The first-order valence-electron chi connectivity index (χ1n) is 7.31. The van der Waals surface area contributed by atoms with Gasteiger partial charge in [-0.1, -0.05) is 19.7 Å². The van der Waals surface area contributed by atoms with Crippen LogP contribution < -0.4 is 0 Å². The van der Waals surface area contributed by atoms with Gasteiger partial charge in [-0.3, -0.25) is 0 Å². The highest BCUT2D eigenvalue weighted by Crippen LogP contribution is 2.19. The predicted octanol–water partition coefficient (Wildman–Crippen LogP) is 1.78. The summed E-state index contributed by atoms with van der Waals surface area (Å²) in [5.74, 6) is -4.03. The standard InChI is InChI=1S/C8H18O4.3C3H4O2/c1-6-12-7(2)8(9-3,10-4)11-5;3*1-2-3(4)5/h7H,6H2,1-5H3;3*2H,1H2,(H,4,5). The van der Waals surface area contributed by atoms with E-state index in [1.165, 1.54) is 21.3 Å². The van der Waals surface area contributed by atoms with Gasteiger partial charge in [0, 0.05) is 46.2 Å². The van der Waals surface area contributed by atoms with Gasteiger partial charge in [0.05, 0.1) is 0 Å². The largest absolute Gasteiger partial charge is 0.478 e. The Morgan fingerprint density at radius 3 is 1.19 bits per heavy atom. The molecule has 0 radical (unpaired) electrons. The van der Waals surface area contributed by atoms with Crippen molar-refractivity contribution in [2.75, 3.05) is 27.9 Å². The summed E-state index contributed by atoms with van der Waals surface area (Å²) in [5.41, 5.74) is 0. The summed E-state index contributed by atoms with van der Waals surface area (Å²) < 4.78 is 20.5. The molecule has 3 N–H and O–H groups in total. The summed E-state index contributed by atoms with van der Waals surface area (Å²) in [4.78, 5) is 27.8. The van der Waals surface area contributed by atoms with Crippen LogP contribution in [0.25, 0.3) is 0 Å². The van der Waals surface area contributed by atoms with Gasteiger partial charge in [0.1, 0.15) is 6.10 Å². The summed E-state index contributed by atoms with van der Waals surface area (Å²) in [6, 6.07) is 0. The van der Waals surface area contributed by atoms with Crippen LogP contribution in [0.5, 0.6) is 0 Å². The van der Waals surface area contributed by atoms with Crippen LogP contribution in [-0.2, 0) is 33.3 Å². The van der Waals surface area contributed by atoms with Crippen molar-refractivity contribution in [1.82, 2.24) is 0 Å². The van der Waals surface area contributed by atoms with E-state index in [1.54, 1.807) is 0 Å². The van der Waals surface area contributed by atoms with Gasteiger partial charge < -0.3 is 34.3 Å². The number of methoxy groups -OCH3 is 3. The Labute approximate surface area is 159 Å². The molecule has 0 heterocycles. The van der Waals surface area contributed by atoms with E-state index in [0.29, 0.717) is 6.61 Å². The Morgan fingerprint density at radius 1 is 0.852 bits per heavy atom. The molecule has 0 rings (SSSR count). The number of ether oxygens (including phenoxy) is 4. The average molecular weight is 394 g/mol. The number of rotatable bonds is 9. The van der Waals surface area contributed by atoms with Crippen LogP contribution >= 0.6 is 0 Å². The van der Waals surface area contributed by atoms with E-state index < -0.39 is 23.9 Å². The van der Waals surface area contributed by atoms with Crippen molar-refractivity contribution < 1.29 is 48.7 Å². The van der Waals surface area contributed by atoms with E-state index in [0.717, 1.165) is 18.2 Å². The molecule has 0 aromatic carbocycles. The Morgan fingerprint density at radius 2 is 1.07 bits per heavy atom. The number of carbonyl (C=O) groups is 3. The molecule has 0 aromatic heterocycles. The Bertz CT molecular complexity index is 390. The number of carboxylic acids is 3. The molecule has 10 heteroatoms. The number of aliphatic carboxylic acids is 3. The third-order valence-corrected chi connectivity index (χ3v) is 2.29. The van der Waals surface area contributed by atoms with Gasteiger partial charge >= 0.3 is 23.9 Å². The first-order valence-corrected chi connectivity index (χ1v) is 7.31. The van der Waals surface area contributed by atoms with Crippen molar-refractivity contribution in [3.8, 4) is 0 Å². The SMILES string of the molecule is C=CC(=O)O.C=CC(=O)O.C=CC(=O)O.CCOC(C)C(OC)(OC)OC. The van der Waals surface area contributed by atoms with Crippen molar-refractivity contribution in [2.45, 2.75) is 25.9 Å². The number of carboxylic acid groups (broad SMARTS) is 3. The molecule has 0 saturated carbocycles. The summed E-state index contributed by atoms with van der Waals surface area (Å²) in [5, 5.41) is 22.8. The molecule has 10 nitrogen and oxygen atoms in total. The highest BCUT2D eigenvalue weighted by molar-refractivity contribution is 5.79. The molecule has 0 amide bonds. The topological polar surface area (TPSA) is 149 Å². The van der Waals surface area contributed by atoms with Gasteiger partial charge in [-0.25, -0.2) is 14.4 Å². The van der Waals surface area contributed by atoms with Crippen molar-refractivity contribution in [1.29, 1.82) is 0 Å². The highest BCUT2D eigenvalue weighted by Gasteiger charge is 2.37. The smallest absolute Gasteiger partial charge is 0.327 e. The molecule has 0 aliphatic carbocycles. The van der Waals surface area contributed by atoms with Crippen molar-refractivity contribution in [3.05, 3.63) is 38.0 Å². The van der Waals surface area contributed by atoms with Gasteiger partial charge in [-0.05, 0) is 13.8 Å². The van der Waals surface area contributed by atoms with Gasteiger partial charge in [-0.2, -0.15) is 0 Å². The maximum absolute atomic E-state index is 9.25. The zero-order valence-corrected chi connectivity index (χ0v) is 16.3. The molecule has 1 atom stereocenters. The number of hydrogen-bond acceptors (Lipinski definition) is 7. The molecule has 27 heavy (non-hydrogen) atoms. The third-order valence-electron chi connectivity index (χ3n) is 2.29. The third kappa shape index (κ3) is 23.5. The summed E-state index contributed by atoms with van der Waals surface area (Å²) >= 11 is 0. The lowest BCUT2D eigenvalue weighted by molar-refractivity contribution is -0.390. The van der Waals surface area contributed by atoms with Crippen LogP contribution in [-0.4, -0.2) is 73.2 Å². The highest BCUT2D eigenvalue weighted by atomic mass is 16.9. The first-order chi connectivity index (χ1) is 12.5. The van der Waals surface area contributed by atoms with Crippen molar-refractivity contribution in [3.63, 3.8) is 0 Å². The van der Waals surface area contributed by atoms with E-state index in [4.69, 9.17) is 34.3 Å². The molecule has 0 fully saturated rings. The number of hydrogen-bond donors (Lipinski definition) is 3. The maximum Gasteiger partial charge on any atom is 0.327 e. The molecule has 0 aliphatic heterocycles. The zero-order valence-electron chi connectivity index (χ0n) is 16.3. The summed E-state index contributed by atoms with van der Waals surface area (Å²) in [6.45, 7) is 13.2. The Balaban J connectivity index is -0.000000147. The molecule has 0 bridgehead atoms. The van der Waals surface area contributed by atoms with Crippen molar-refractivity contribution >= 4 is 17.9 Å². The maximum atomic E-state index is 9.25. The molecule has 0 spiro atoms. The lowest BCUT2D eigenvalue weighted by Crippen LogP contribution is -2.47. The quantitative estimate of drug-likeness (QED) is 0.390. The van der Waals surface area contributed by atoms with Crippen LogP contribution in [0.1, 0.15) is 13.8 Å². The van der Waals surface area contributed by atoms with Crippen LogP contribution in [0.15, 0.2) is 38.0 Å². The monoisotopic (exact) mass is 394 g/mol. The lowest BCUT2D eigenvalue weighted by Gasteiger charge is -2.33. The van der Waals surface area contributed by atoms with Crippen LogP contribution in [0.3, 0.4) is 0 Å². The molecule has 0 aromatic rings. The minimum Gasteiger partial charge on any atom is -0.478 e. The second-order valence-corrected chi connectivity index (χ2v) is 3.94. The second-order valence-electron chi connectivity index (χ2n) is 3.94. The molecule has 158 valence electrons. The van der Waals surface area contributed by atoms with Gasteiger partial charge in [0.2, 0.25) is 0 Å². The van der Waals surface area contributed by atoms with E-state index in [2.05, 4.69) is 19.7 Å². The molecule has 1 unspecified atom stereocenters. The van der Waals surface area contributed by atoms with E-state index in [1.807, 2.05) is 13.8 Å². The van der Waals surface area contributed by atoms with Crippen molar-refractivity contribution in [2.24, 2.45) is 0 Å². The van der Waals surface area contributed by atoms with E-state index in [-0.39, 0.29) is 6.10 Å². The normalized spacial score (nSPS) is 10.1. The Hall–Kier alpha value is -2.53.